The van der Waals surface area contributed by atoms with Crippen LogP contribution in [0.5, 0.6) is 0 Å². The van der Waals surface area contributed by atoms with Gasteiger partial charge in [0.05, 0.1) is 0 Å². The van der Waals surface area contributed by atoms with Gasteiger partial charge in [-0.25, -0.2) is 0 Å². The molecular weight excluding hydrogens is 402 g/mol. The molecule has 1 heterocycles. The van der Waals surface area contributed by atoms with Crippen molar-refractivity contribution in [2.24, 2.45) is 5.41 Å². The van der Waals surface area contributed by atoms with E-state index in [0.29, 0.717) is 0 Å². The Morgan fingerprint density at radius 2 is 1.90 bits per heavy atom. The Labute approximate surface area is 190 Å². The van der Waals surface area contributed by atoms with E-state index in [9.17, 15) is 4.79 Å². The van der Waals surface area contributed by atoms with Gasteiger partial charge in [0.15, 0.2) is 0 Å². The number of hydrogen-bond donors (Lipinski definition) is 1. The summed E-state index contributed by atoms with van der Waals surface area (Å²) in [7, 11) is 3.60. The lowest BCUT2D eigenvalue weighted by atomic mass is 9.96. The molecule has 0 atom stereocenters. The third-order valence-electron chi connectivity index (χ3n) is 5.52. The lowest BCUT2D eigenvalue weighted by Gasteiger charge is -2.20. The highest BCUT2D eigenvalue weighted by Crippen LogP contribution is 2.34. The molecule has 164 valence electrons. The van der Waals surface area contributed by atoms with Gasteiger partial charge in [-0.05, 0) is 47.1 Å². The van der Waals surface area contributed by atoms with Crippen LogP contribution >= 0.6 is 11.9 Å². The maximum Gasteiger partial charge on any atom is 0.253 e. The van der Waals surface area contributed by atoms with Crippen LogP contribution in [0, 0.1) is 5.41 Å². The largest absolute Gasteiger partial charge is 0.347 e. The quantitative estimate of drug-likeness (QED) is 0.466. The van der Waals surface area contributed by atoms with Crippen LogP contribution in [-0.2, 0) is 13.1 Å². The summed E-state index contributed by atoms with van der Waals surface area (Å²) in [5.74, 6) is 0.0303. The molecular formula is C26H33N3OS. The maximum absolute atomic E-state index is 12.7. The smallest absolute Gasteiger partial charge is 0.253 e. The molecule has 1 saturated carbocycles. The monoisotopic (exact) mass is 435 g/mol. The first-order valence-corrected chi connectivity index (χ1v) is 11.9. The number of amides is 1. The van der Waals surface area contributed by atoms with Gasteiger partial charge in [0.2, 0.25) is 0 Å². The summed E-state index contributed by atoms with van der Waals surface area (Å²) in [6.45, 7) is 8.63. The summed E-state index contributed by atoms with van der Waals surface area (Å²) in [4.78, 5) is 14.4. The Balaban J connectivity index is 1.75. The van der Waals surface area contributed by atoms with Gasteiger partial charge < -0.3 is 9.47 Å². The number of aromatic nitrogens is 1. The zero-order valence-electron chi connectivity index (χ0n) is 19.2. The Hall–Kier alpha value is -2.24. The summed E-state index contributed by atoms with van der Waals surface area (Å²) >= 11 is 1.87. The van der Waals surface area contributed by atoms with Crippen LogP contribution in [0.2, 0.25) is 0 Å². The van der Waals surface area contributed by atoms with E-state index < -0.39 is 0 Å². The van der Waals surface area contributed by atoms with E-state index in [0.717, 1.165) is 35.0 Å². The van der Waals surface area contributed by atoms with E-state index in [1.165, 1.54) is 29.3 Å². The summed E-state index contributed by atoms with van der Waals surface area (Å²) in [5.41, 5.74) is 5.54. The van der Waals surface area contributed by atoms with Gasteiger partial charge in [0.1, 0.15) is 0 Å². The lowest BCUT2D eigenvalue weighted by molar-refractivity contribution is 0.0828. The Kier molecular flexibility index (Phi) is 6.18. The molecule has 1 amide bonds. The van der Waals surface area contributed by atoms with Crippen LogP contribution in [0.25, 0.3) is 22.0 Å². The number of hydrogen-bond acceptors (Lipinski definition) is 3. The first kappa shape index (κ1) is 22.0. The Morgan fingerprint density at radius 1 is 1.16 bits per heavy atom. The second-order valence-corrected chi connectivity index (χ2v) is 11.1. The summed E-state index contributed by atoms with van der Waals surface area (Å²) < 4.78 is 5.95. The summed E-state index contributed by atoms with van der Waals surface area (Å²) in [6.07, 6.45) is 4.97. The van der Waals surface area contributed by atoms with Crippen molar-refractivity contribution in [2.45, 2.75) is 52.0 Å². The molecule has 1 N–H and O–H groups in total. The van der Waals surface area contributed by atoms with E-state index in [1.807, 2.05) is 36.2 Å². The zero-order valence-corrected chi connectivity index (χ0v) is 20.1. The minimum Gasteiger partial charge on any atom is -0.347 e. The maximum atomic E-state index is 12.7. The molecule has 0 saturated heterocycles. The number of rotatable bonds is 7. The average Bonchev–Trinajstić information content (AvgIpc) is 3.49. The topological polar surface area (TPSA) is 37.3 Å². The van der Waals surface area contributed by atoms with Crippen molar-refractivity contribution in [3.05, 3.63) is 59.8 Å². The number of carbonyl (C=O) groups is 1. The van der Waals surface area contributed by atoms with Crippen LogP contribution in [0.15, 0.2) is 48.7 Å². The predicted octanol–water partition coefficient (Wildman–Crippen LogP) is 5.96. The molecule has 31 heavy (non-hydrogen) atoms. The third-order valence-corrected chi connectivity index (χ3v) is 6.64. The highest BCUT2D eigenvalue weighted by Gasteiger charge is 2.22. The average molecular weight is 436 g/mol. The van der Waals surface area contributed by atoms with Crippen LogP contribution in [0.1, 0.15) is 49.5 Å². The SMILES string of the molecule is CN(C)C(=O)c1ccccc1-c1ccc2c(CNSC3CC3)cn(CC(C)(C)C)c2c1. The highest BCUT2D eigenvalue weighted by molar-refractivity contribution is 7.98. The Morgan fingerprint density at radius 3 is 2.58 bits per heavy atom. The molecule has 4 rings (SSSR count). The number of nitrogens with zero attached hydrogens (tertiary/aromatic N) is 2. The fraction of sp³-hybridized carbons (Fsp3) is 0.423. The standard InChI is InChI=1S/C26H33N3OS/c1-26(2,3)17-29-16-19(15-27-31-20-11-12-20)22-13-10-18(14-24(22)29)21-8-6-7-9-23(21)25(30)28(4)5/h6-10,13-14,16,20,27H,11-12,15,17H2,1-5H3. The first-order valence-electron chi connectivity index (χ1n) is 11.0. The van der Waals surface area contributed by atoms with Crippen LogP contribution < -0.4 is 4.72 Å². The molecule has 0 radical (unpaired) electrons. The van der Waals surface area contributed by atoms with Gasteiger partial charge in [-0.3, -0.25) is 9.52 Å². The van der Waals surface area contributed by atoms with Gasteiger partial charge in [0, 0.05) is 55.1 Å². The molecule has 0 aliphatic heterocycles. The van der Waals surface area contributed by atoms with E-state index in [1.54, 1.807) is 19.0 Å². The number of fused-ring (bicyclic) bond motifs is 1. The van der Waals surface area contributed by atoms with Crippen LogP contribution in [0.3, 0.4) is 0 Å². The second kappa shape index (κ2) is 8.71. The highest BCUT2D eigenvalue weighted by atomic mass is 32.2. The molecule has 1 aliphatic carbocycles. The van der Waals surface area contributed by atoms with E-state index in [4.69, 9.17) is 0 Å². The fourth-order valence-corrected chi connectivity index (χ4v) is 4.75. The van der Waals surface area contributed by atoms with Gasteiger partial charge in [-0.2, -0.15) is 0 Å². The van der Waals surface area contributed by atoms with Crippen LogP contribution in [0.4, 0.5) is 0 Å². The predicted molar refractivity (Wildman–Crippen MR) is 132 cm³/mol. The normalized spacial score (nSPS) is 14.2. The lowest BCUT2D eigenvalue weighted by Crippen LogP contribution is -2.22. The number of benzene rings is 2. The molecule has 1 fully saturated rings. The molecule has 2 aromatic carbocycles. The molecule has 5 heteroatoms. The third kappa shape index (κ3) is 5.16. The van der Waals surface area contributed by atoms with E-state index in [2.05, 4.69) is 54.5 Å². The summed E-state index contributed by atoms with van der Waals surface area (Å²) in [6, 6.07) is 14.5. The van der Waals surface area contributed by atoms with Crippen molar-refractivity contribution in [3.63, 3.8) is 0 Å². The molecule has 0 bridgehead atoms. The van der Waals surface area contributed by atoms with Crippen molar-refractivity contribution < 1.29 is 4.79 Å². The van der Waals surface area contributed by atoms with Crippen molar-refractivity contribution >= 4 is 28.8 Å². The molecule has 3 aromatic rings. The second-order valence-electron chi connectivity index (χ2n) is 9.96. The van der Waals surface area contributed by atoms with Gasteiger partial charge >= 0.3 is 0 Å². The van der Waals surface area contributed by atoms with E-state index >= 15 is 0 Å². The molecule has 1 aromatic heterocycles. The zero-order chi connectivity index (χ0) is 22.2. The van der Waals surface area contributed by atoms with Crippen molar-refractivity contribution in [3.8, 4) is 11.1 Å². The van der Waals surface area contributed by atoms with E-state index in [-0.39, 0.29) is 11.3 Å². The molecule has 0 spiro atoms. The van der Waals surface area contributed by atoms with Gasteiger partial charge in [-0.1, -0.05) is 63.1 Å². The van der Waals surface area contributed by atoms with Gasteiger partial charge in [-0.15, -0.1) is 0 Å². The number of nitrogens with one attached hydrogen (secondary N) is 1. The minimum atomic E-state index is 0.0303. The van der Waals surface area contributed by atoms with Crippen molar-refractivity contribution in [2.75, 3.05) is 14.1 Å². The van der Waals surface area contributed by atoms with Crippen LogP contribution in [-0.4, -0.2) is 34.7 Å². The number of carbonyl (C=O) groups excluding carboxylic acids is 1. The fourth-order valence-electron chi connectivity index (χ4n) is 3.90. The summed E-state index contributed by atoms with van der Waals surface area (Å²) in [5, 5.41) is 2.08. The molecule has 1 aliphatic rings. The Bertz CT molecular complexity index is 1090. The minimum absolute atomic E-state index is 0.0303. The van der Waals surface area contributed by atoms with Crippen molar-refractivity contribution in [1.29, 1.82) is 0 Å². The first-order chi connectivity index (χ1) is 14.7. The van der Waals surface area contributed by atoms with Crippen molar-refractivity contribution in [1.82, 2.24) is 14.2 Å². The van der Waals surface area contributed by atoms with Gasteiger partial charge in [0.25, 0.3) is 5.91 Å². The molecule has 0 unspecified atom stereocenters. The molecule has 4 nitrogen and oxygen atoms in total.